The fourth-order valence-electron chi connectivity index (χ4n) is 4.91. The summed E-state index contributed by atoms with van der Waals surface area (Å²) in [5.74, 6) is -3.31. The van der Waals surface area contributed by atoms with Gasteiger partial charge in [0.25, 0.3) is 0 Å². The molecule has 0 N–H and O–H groups in total. The third-order valence-corrected chi connectivity index (χ3v) is 6.56. The summed E-state index contributed by atoms with van der Waals surface area (Å²) >= 11 is 0. The fourth-order valence-corrected chi connectivity index (χ4v) is 4.91. The summed E-state index contributed by atoms with van der Waals surface area (Å²) in [6.07, 6.45) is 4.05. The first-order valence-corrected chi connectivity index (χ1v) is 11.2. The minimum atomic E-state index is -1.88. The van der Waals surface area contributed by atoms with E-state index in [-0.39, 0.29) is 11.1 Å². The Morgan fingerprint density at radius 1 is 0.647 bits per heavy atom. The number of methoxy groups -OCH3 is 4. The van der Waals surface area contributed by atoms with Crippen molar-refractivity contribution in [3.8, 4) is 0 Å². The molecule has 0 radical (unpaired) electrons. The first kappa shape index (κ1) is 25.2. The Kier molecular flexibility index (Phi) is 7.29. The molecular weight excluding hydrogens is 440 g/mol. The Bertz CT molecular complexity index is 1030. The Labute approximate surface area is 198 Å². The van der Waals surface area contributed by atoms with E-state index >= 15 is 0 Å². The van der Waals surface area contributed by atoms with Crippen LogP contribution < -0.4 is 0 Å². The van der Waals surface area contributed by atoms with E-state index in [1.165, 1.54) is 28.4 Å². The highest BCUT2D eigenvalue weighted by atomic mass is 16.6. The summed E-state index contributed by atoms with van der Waals surface area (Å²) in [5.41, 5.74) is -1.70. The van der Waals surface area contributed by atoms with Gasteiger partial charge in [-0.1, -0.05) is 56.5 Å². The van der Waals surface area contributed by atoms with Gasteiger partial charge in [0.05, 0.1) is 28.4 Å². The number of carbonyl (C=O) groups excluding carboxylic acids is 4. The quantitative estimate of drug-likeness (QED) is 0.210. The van der Waals surface area contributed by atoms with E-state index in [9.17, 15) is 19.2 Å². The molecule has 0 saturated carbocycles. The minimum Gasteiger partial charge on any atom is -0.468 e. The lowest BCUT2D eigenvalue weighted by atomic mass is 9.90. The van der Waals surface area contributed by atoms with E-state index in [1.54, 1.807) is 30.3 Å². The molecule has 0 saturated heterocycles. The zero-order chi connectivity index (χ0) is 25.1. The number of esters is 4. The Morgan fingerprint density at radius 2 is 1.15 bits per heavy atom. The number of benzene rings is 1. The van der Waals surface area contributed by atoms with Crippen molar-refractivity contribution in [3.63, 3.8) is 0 Å². The van der Waals surface area contributed by atoms with E-state index in [4.69, 9.17) is 18.9 Å². The van der Waals surface area contributed by atoms with E-state index in [0.29, 0.717) is 23.1 Å². The third kappa shape index (κ3) is 3.52. The van der Waals surface area contributed by atoms with Crippen LogP contribution in [0.5, 0.6) is 0 Å². The number of carbonyl (C=O) groups is 4. The lowest BCUT2D eigenvalue weighted by Gasteiger charge is -2.17. The van der Waals surface area contributed by atoms with Gasteiger partial charge in [-0.25, -0.2) is 0 Å². The van der Waals surface area contributed by atoms with Crippen LogP contribution in [0.25, 0.3) is 5.57 Å². The zero-order valence-corrected chi connectivity index (χ0v) is 20.2. The number of ether oxygens (including phenoxy) is 4. The van der Waals surface area contributed by atoms with E-state index in [0.717, 1.165) is 25.7 Å². The van der Waals surface area contributed by atoms with Crippen molar-refractivity contribution < 1.29 is 38.1 Å². The molecule has 8 heteroatoms. The number of hydrogen-bond acceptors (Lipinski definition) is 8. The van der Waals surface area contributed by atoms with Crippen molar-refractivity contribution in [2.45, 2.75) is 39.0 Å². The molecular formula is C26H30O8. The third-order valence-electron chi connectivity index (χ3n) is 6.56. The largest absolute Gasteiger partial charge is 0.468 e. The summed E-state index contributed by atoms with van der Waals surface area (Å²) in [5, 5.41) is 0. The lowest BCUT2D eigenvalue weighted by molar-refractivity contribution is -0.162. The molecule has 0 amide bonds. The zero-order valence-electron chi connectivity index (χ0n) is 20.2. The topological polar surface area (TPSA) is 105 Å². The fraction of sp³-hybridized carbons (Fsp3) is 0.462. The average molecular weight is 471 g/mol. The molecule has 3 rings (SSSR count). The van der Waals surface area contributed by atoms with Gasteiger partial charge in [-0.2, -0.15) is 0 Å². The molecule has 1 aromatic carbocycles. The normalized spacial score (nSPS) is 17.1. The first-order valence-electron chi connectivity index (χ1n) is 11.2. The molecule has 182 valence electrons. The molecule has 0 bridgehead atoms. The van der Waals surface area contributed by atoms with Crippen LogP contribution in [0.1, 0.15) is 44.6 Å². The SMILES string of the molecule is CCCCCCC1=C(C2=C(c3ccccc3)C2(C(=O)OC)C(=O)OC)C1(C(=O)OC)C(=O)OC. The van der Waals surface area contributed by atoms with Crippen molar-refractivity contribution in [1.29, 1.82) is 0 Å². The second-order valence-corrected chi connectivity index (χ2v) is 8.25. The summed E-state index contributed by atoms with van der Waals surface area (Å²) in [6.45, 7) is 2.08. The summed E-state index contributed by atoms with van der Waals surface area (Å²) in [6, 6.07) is 8.80. The van der Waals surface area contributed by atoms with Gasteiger partial charge in [0, 0.05) is 0 Å². The smallest absolute Gasteiger partial charge is 0.332 e. The molecule has 0 spiro atoms. The molecule has 0 aliphatic heterocycles. The van der Waals surface area contributed by atoms with Crippen molar-refractivity contribution >= 4 is 29.5 Å². The van der Waals surface area contributed by atoms with Gasteiger partial charge in [-0.3, -0.25) is 19.2 Å². The van der Waals surface area contributed by atoms with Crippen LogP contribution in [0.15, 0.2) is 47.1 Å². The van der Waals surface area contributed by atoms with E-state index in [2.05, 4.69) is 6.92 Å². The first-order chi connectivity index (χ1) is 16.3. The monoisotopic (exact) mass is 470 g/mol. The van der Waals surface area contributed by atoms with Crippen molar-refractivity contribution in [2.24, 2.45) is 10.8 Å². The lowest BCUT2D eigenvalue weighted by Crippen LogP contribution is -2.36. The van der Waals surface area contributed by atoms with Gasteiger partial charge in [-0.15, -0.1) is 0 Å². The summed E-state index contributed by atoms with van der Waals surface area (Å²) in [7, 11) is 4.72. The van der Waals surface area contributed by atoms with Crippen LogP contribution in [0, 0.1) is 10.8 Å². The van der Waals surface area contributed by atoms with Gasteiger partial charge < -0.3 is 18.9 Å². The van der Waals surface area contributed by atoms with E-state index < -0.39 is 34.7 Å². The molecule has 0 unspecified atom stereocenters. The standard InChI is InChI=1S/C26H30O8/c1-6-7-8-12-15-17-19(25(17,21(27)31-2)22(28)32-3)20-18(16-13-10-9-11-14-16)26(20,23(29)33-4)24(30)34-5/h9-11,13-14H,6-8,12,15H2,1-5H3. The Hall–Kier alpha value is -3.42. The van der Waals surface area contributed by atoms with Crippen LogP contribution in [0.4, 0.5) is 0 Å². The molecule has 34 heavy (non-hydrogen) atoms. The molecule has 8 nitrogen and oxygen atoms in total. The van der Waals surface area contributed by atoms with Crippen molar-refractivity contribution in [3.05, 3.63) is 52.6 Å². The maximum absolute atomic E-state index is 13.1. The van der Waals surface area contributed by atoms with Gasteiger partial charge in [0.1, 0.15) is 0 Å². The van der Waals surface area contributed by atoms with Crippen LogP contribution in [-0.4, -0.2) is 52.3 Å². The Balaban J connectivity index is 2.23. The predicted molar refractivity (Wildman–Crippen MR) is 122 cm³/mol. The molecule has 0 atom stereocenters. The molecule has 0 aromatic heterocycles. The molecule has 2 aliphatic carbocycles. The minimum absolute atomic E-state index is 0.249. The highest BCUT2D eigenvalue weighted by Crippen LogP contribution is 2.73. The molecule has 0 heterocycles. The van der Waals surface area contributed by atoms with Crippen LogP contribution in [0.3, 0.4) is 0 Å². The maximum Gasteiger partial charge on any atom is 0.332 e. The van der Waals surface area contributed by atoms with Gasteiger partial charge >= 0.3 is 23.9 Å². The molecule has 2 aliphatic rings. The van der Waals surface area contributed by atoms with Crippen LogP contribution >= 0.6 is 0 Å². The summed E-state index contributed by atoms with van der Waals surface area (Å²) < 4.78 is 20.1. The average Bonchev–Trinajstić information content (AvgIpc) is 3.75. The number of hydrogen-bond donors (Lipinski definition) is 0. The highest BCUT2D eigenvalue weighted by Gasteiger charge is 2.78. The highest BCUT2D eigenvalue weighted by molar-refractivity contribution is 6.30. The van der Waals surface area contributed by atoms with Gasteiger partial charge in [-0.05, 0) is 40.7 Å². The summed E-state index contributed by atoms with van der Waals surface area (Å²) in [4.78, 5) is 52.3. The van der Waals surface area contributed by atoms with Crippen molar-refractivity contribution in [2.75, 3.05) is 28.4 Å². The number of unbranched alkanes of at least 4 members (excludes halogenated alkanes) is 3. The molecule has 1 aromatic rings. The second-order valence-electron chi connectivity index (χ2n) is 8.25. The number of rotatable bonds is 11. The van der Waals surface area contributed by atoms with Gasteiger partial charge in [0.2, 0.25) is 10.8 Å². The van der Waals surface area contributed by atoms with E-state index in [1.807, 2.05) is 0 Å². The van der Waals surface area contributed by atoms with Gasteiger partial charge in [0.15, 0.2) is 0 Å². The molecule has 0 fully saturated rings. The maximum atomic E-state index is 13.1. The Morgan fingerprint density at radius 3 is 1.62 bits per heavy atom. The predicted octanol–water partition coefficient (Wildman–Crippen LogP) is 3.40. The van der Waals surface area contributed by atoms with Crippen molar-refractivity contribution in [1.82, 2.24) is 0 Å². The van der Waals surface area contributed by atoms with Crippen LogP contribution in [-0.2, 0) is 38.1 Å². The van der Waals surface area contributed by atoms with Crippen LogP contribution in [0.2, 0.25) is 0 Å². The second kappa shape index (κ2) is 9.83.